The van der Waals surface area contributed by atoms with E-state index in [1.165, 1.54) is 52.8 Å². The van der Waals surface area contributed by atoms with Gasteiger partial charge in [0.15, 0.2) is 5.58 Å². The number of rotatable bonds is 5. The number of benzene rings is 9. The quantitative estimate of drug-likeness (QED) is 0.176. The smallest absolute Gasteiger partial charge is 0.159 e. The summed E-state index contributed by atoms with van der Waals surface area (Å²) in [5.74, 6) is 0. The second kappa shape index (κ2) is 12.2. The molecular formula is C52H32N2OS. The molecule has 0 N–H and O–H groups in total. The largest absolute Gasteiger partial charge is 0.454 e. The van der Waals surface area contributed by atoms with Crippen molar-refractivity contribution in [1.29, 1.82) is 0 Å². The molecule has 3 heterocycles. The molecule has 0 aliphatic heterocycles. The summed E-state index contributed by atoms with van der Waals surface area (Å²) in [7, 11) is 0. The average Bonchev–Trinajstić information content (AvgIpc) is 3.94. The third-order valence-electron chi connectivity index (χ3n) is 11.4. The van der Waals surface area contributed by atoms with Gasteiger partial charge in [-0.1, -0.05) is 133 Å². The fourth-order valence-corrected chi connectivity index (χ4v) is 10.1. The van der Waals surface area contributed by atoms with Gasteiger partial charge in [0.05, 0.1) is 27.1 Å². The molecule has 3 aromatic heterocycles. The van der Waals surface area contributed by atoms with E-state index in [0.29, 0.717) is 0 Å². The van der Waals surface area contributed by atoms with Crippen LogP contribution in [0.1, 0.15) is 0 Å². The van der Waals surface area contributed by atoms with Crippen LogP contribution < -0.4 is 4.90 Å². The standard InChI is InChI=1S/C52H32N2OS/c1-2-14-37-33(12-1)13-9-18-38(37)34-26-28-35(29-27-34)53(48-24-11-20-44-42-17-5-8-25-50(42)56-52(44)48)36-30-31-41-43-19-10-23-47(51(43)55-49(41)32-36)54-45-21-6-3-15-39(45)40-16-4-7-22-46(40)54/h1-32H. The van der Waals surface area contributed by atoms with Gasteiger partial charge in [-0.15, -0.1) is 11.3 Å². The monoisotopic (exact) mass is 732 g/mol. The number of aromatic nitrogens is 1. The van der Waals surface area contributed by atoms with Crippen LogP contribution in [0.25, 0.3) is 91.5 Å². The fourth-order valence-electron chi connectivity index (χ4n) is 8.87. The molecule has 0 atom stereocenters. The molecule has 262 valence electrons. The minimum Gasteiger partial charge on any atom is -0.454 e. The van der Waals surface area contributed by atoms with E-state index in [1.54, 1.807) is 0 Å². The Morgan fingerprint density at radius 1 is 0.446 bits per heavy atom. The molecule has 0 radical (unpaired) electrons. The maximum atomic E-state index is 6.98. The number of furan rings is 1. The first-order valence-electron chi connectivity index (χ1n) is 19.0. The zero-order valence-electron chi connectivity index (χ0n) is 30.2. The first-order chi connectivity index (χ1) is 27.8. The van der Waals surface area contributed by atoms with E-state index in [4.69, 9.17) is 4.42 Å². The molecule has 0 bridgehead atoms. The van der Waals surface area contributed by atoms with E-state index < -0.39 is 0 Å². The predicted molar refractivity (Wildman–Crippen MR) is 239 cm³/mol. The molecule has 0 amide bonds. The number of hydrogen-bond donors (Lipinski definition) is 0. The van der Waals surface area contributed by atoms with Crippen LogP contribution in [0.4, 0.5) is 17.1 Å². The predicted octanol–water partition coefficient (Wildman–Crippen LogP) is 15.3. The van der Waals surface area contributed by atoms with Crippen molar-refractivity contribution in [3.05, 3.63) is 194 Å². The van der Waals surface area contributed by atoms with Crippen LogP contribution in [0.15, 0.2) is 199 Å². The van der Waals surface area contributed by atoms with E-state index in [1.807, 2.05) is 11.3 Å². The lowest BCUT2D eigenvalue weighted by molar-refractivity contribution is 0.666. The van der Waals surface area contributed by atoms with Gasteiger partial charge in [-0.3, -0.25) is 0 Å². The van der Waals surface area contributed by atoms with Gasteiger partial charge in [-0.05, 0) is 76.5 Å². The lowest BCUT2D eigenvalue weighted by Crippen LogP contribution is -2.10. The Morgan fingerprint density at radius 3 is 1.89 bits per heavy atom. The third-order valence-corrected chi connectivity index (χ3v) is 12.6. The number of para-hydroxylation sites is 3. The molecule has 12 rings (SSSR count). The Labute approximate surface area is 326 Å². The number of anilines is 3. The molecule has 3 nitrogen and oxygen atoms in total. The van der Waals surface area contributed by atoms with Crippen LogP contribution in [-0.2, 0) is 0 Å². The summed E-state index contributed by atoms with van der Waals surface area (Å²) in [5.41, 5.74) is 10.8. The normalized spacial score (nSPS) is 11.9. The second-order valence-electron chi connectivity index (χ2n) is 14.5. The molecule has 0 fully saturated rings. The topological polar surface area (TPSA) is 21.3 Å². The lowest BCUT2D eigenvalue weighted by atomic mass is 9.98. The Hall–Kier alpha value is -7.14. The molecule has 9 aromatic carbocycles. The zero-order chi connectivity index (χ0) is 36.7. The summed E-state index contributed by atoms with van der Waals surface area (Å²) < 4.78 is 11.9. The van der Waals surface area contributed by atoms with Crippen molar-refractivity contribution >= 4 is 103 Å². The summed E-state index contributed by atoms with van der Waals surface area (Å²) in [6.45, 7) is 0. The lowest BCUT2D eigenvalue weighted by Gasteiger charge is -2.26. The molecule has 0 spiro atoms. The number of hydrogen-bond acceptors (Lipinski definition) is 3. The van der Waals surface area contributed by atoms with Crippen LogP contribution in [0.3, 0.4) is 0 Å². The van der Waals surface area contributed by atoms with E-state index in [2.05, 4.69) is 204 Å². The van der Waals surface area contributed by atoms with Gasteiger partial charge in [-0.25, -0.2) is 0 Å². The van der Waals surface area contributed by atoms with Gasteiger partial charge in [0, 0.05) is 54.5 Å². The zero-order valence-corrected chi connectivity index (χ0v) is 31.0. The van der Waals surface area contributed by atoms with Crippen LogP contribution >= 0.6 is 11.3 Å². The Balaban J connectivity index is 1.06. The molecule has 4 heteroatoms. The first kappa shape index (κ1) is 31.2. The van der Waals surface area contributed by atoms with Crippen LogP contribution in [-0.4, -0.2) is 4.57 Å². The van der Waals surface area contributed by atoms with Gasteiger partial charge < -0.3 is 13.9 Å². The summed E-state index contributed by atoms with van der Waals surface area (Å²) >= 11 is 1.85. The average molecular weight is 733 g/mol. The van der Waals surface area contributed by atoms with Crippen molar-refractivity contribution in [3.63, 3.8) is 0 Å². The van der Waals surface area contributed by atoms with Gasteiger partial charge in [-0.2, -0.15) is 0 Å². The summed E-state index contributed by atoms with van der Waals surface area (Å²) in [4.78, 5) is 2.39. The Kier molecular flexibility index (Phi) is 6.80. The highest BCUT2D eigenvalue weighted by Crippen LogP contribution is 2.46. The summed E-state index contributed by atoms with van der Waals surface area (Å²) in [6.07, 6.45) is 0. The van der Waals surface area contributed by atoms with E-state index in [9.17, 15) is 0 Å². The van der Waals surface area contributed by atoms with Gasteiger partial charge in [0.1, 0.15) is 5.58 Å². The van der Waals surface area contributed by atoms with Gasteiger partial charge in [0.25, 0.3) is 0 Å². The molecular weight excluding hydrogens is 701 g/mol. The Bertz CT molecular complexity index is 3440. The van der Waals surface area contributed by atoms with Crippen molar-refractivity contribution < 1.29 is 4.42 Å². The van der Waals surface area contributed by atoms with Gasteiger partial charge >= 0.3 is 0 Å². The van der Waals surface area contributed by atoms with E-state index in [0.717, 1.165) is 55.7 Å². The second-order valence-corrected chi connectivity index (χ2v) is 15.5. The molecule has 0 aliphatic rings. The molecule has 0 saturated carbocycles. The first-order valence-corrected chi connectivity index (χ1v) is 19.8. The molecule has 0 unspecified atom stereocenters. The third kappa shape index (κ3) is 4.63. The maximum Gasteiger partial charge on any atom is 0.159 e. The molecule has 56 heavy (non-hydrogen) atoms. The highest BCUT2D eigenvalue weighted by molar-refractivity contribution is 7.26. The number of nitrogens with zero attached hydrogens (tertiary/aromatic N) is 2. The van der Waals surface area contributed by atoms with E-state index >= 15 is 0 Å². The summed E-state index contributed by atoms with van der Waals surface area (Å²) in [5, 5.41) is 9.71. The van der Waals surface area contributed by atoms with Crippen LogP contribution in [0, 0.1) is 0 Å². The van der Waals surface area contributed by atoms with Gasteiger partial charge in [0.2, 0.25) is 0 Å². The fraction of sp³-hybridized carbons (Fsp3) is 0. The number of thiophene rings is 1. The SMILES string of the molecule is c1ccc2c(-c3ccc(N(c4ccc5c(c4)oc4c(-n6c7ccccc7c7ccccc76)cccc45)c4cccc5c4sc4ccccc45)cc3)cccc2c1. The van der Waals surface area contributed by atoms with Crippen molar-refractivity contribution in [2.75, 3.05) is 4.90 Å². The maximum absolute atomic E-state index is 6.98. The highest BCUT2D eigenvalue weighted by Gasteiger charge is 2.22. The molecule has 0 aliphatic carbocycles. The van der Waals surface area contributed by atoms with Crippen molar-refractivity contribution in [1.82, 2.24) is 4.57 Å². The van der Waals surface area contributed by atoms with E-state index in [-0.39, 0.29) is 0 Å². The molecule has 12 aromatic rings. The Morgan fingerprint density at radius 2 is 1.07 bits per heavy atom. The molecule has 0 saturated heterocycles. The minimum absolute atomic E-state index is 0.853. The van der Waals surface area contributed by atoms with Crippen molar-refractivity contribution in [2.24, 2.45) is 0 Å². The van der Waals surface area contributed by atoms with Crippen LogP contribution in [0.5, 0.6) is 0 Å². The van der Waals surface area contributed by atoms with Crippen molar-refractivity contribution in [2.45, 2.75) is 0 Å². The minimum atomic E-state index is 0.853. The van der Waals surface area contributed by atoms with Crippen LogP contribution in [0.2, 0.25) is 0 Å². The highest BCUT2D eigenvalue weighted by atomic mass is 32.1. The van der Waals surface area contributed by atoms with Crippen molar-refractivity contribution in [3.8, 4) is 16.8 Å². The number of fused-ring (bicyclic) bond motifs is 10. The summed E-state index contributed by atoms with van der Waals surface area (Å²) in [6, 6.07) is 70.1.